The Morgan fingerprint density at radius 3 is 3.00 bits per heavy atom. The first-order chi connectivity index (χ1) is 5.24. The molecule has 0 saturated heterocycles. The van der Waals surface area contributed by atoms with Gasteiger partial charge in [0.2, 0.25) is 5.96 Å². The second-order valence-corrected chi connectivity index (χ2v) is 2.65. The number of thiol groups is 1. The Morgan fingerprint density at radius 2 is 2.45 bits per heavy atom. The van der Waals surface area contributed by atoms with Crippen LogP contribution >= 0.6 is 12.6 Å². The van der Waals surface area contributed by atoms with Gasteiger partial charge in [-0.2, -0.15) is 17.6 Å². The van der Waals surface area contributed by atoms with E-state index in [0.29, 0.717) is 12.2 Å². The third kappa shape index (κ3) is 2.04. The Bertz CT molecular complexity index is 224. The molecule has 1 aliphatic heterocycles. The van der Waals surface area contributed by atoms with Crippen molar-refractivity contribution in [2.75, 3.05) is 5.75 Å². The van der Waals surface area contributed by atoms with Crippen LogP contribution in [0.15, 0.2) is 9.98 Å². The fraction of sp³-hybridized carbons (Fsp3) is 0.500. The highest BCUT2D eigenvalue weighted by Gasteiger charge is 2.18. The van der Waals surface area contributed by atoms with E-state index in [2.05, 4.69) is 22.6 Å². The van der Waals surface area contributed by atoms with Crippen LogP contribution in [0.25, 0.3) is 0 Å². The first kappa shape index (κ1) is 8.26. The Balaban J connectivity index is 2.62. The van der Waals surface area contributed by atoms with Crippen molar-refractivity contribution in [1.82, 2.24) is 0 Å². The summed E-state index contributed by atoms with van der Waals surface area (Å²) in [5, 5.41) is 0. The van der Waals surface area contributed by atoms with E-state index in [1.165, 1.54) is 6.21 Å². The van der Waals surface area contributed by atoms with Gasteiger partial charge in [0.15, 0.2) is 0 Å². The molecule has 0 aromatic carbocycles. The van der Waals surface area contributed by atoms with Gasteiger partial charge in [-0.05, 0) is 12.2 Å². The quantitative estimate of drug-likeness (QED) is 0.567. The molecule has 1 unspecified atom stereocenters. The average molecular weight is 171 g/mol. The predicted molar refractivity (Wildman–Crippen MR) is 47.1 cm³/mol. The highest BCUT2D eigenvalue weighted by atomic mass is 32.1. The van der Waals surface area contributed by atoms with Gasteiger partial charge in [-0.15, -0.1) is 0 Å². The third-order valence-corrected chi connectivity index (χ3v) is 1.63. The maximum atomic E-state index is 11.0. The lowest BCUT2D eigenvalue weighted by atomic mass is 10.1. The largest absolute Gasteiger partial charge is 0.368 e. The molecule has 11 heavy (non-hydrogen) atoms. The van der Waals surface area contributed by atoms with Crippen molar-refractivity contribution in [3.8, 4) is 0 Å². The molecular formula is C6H9N3OS. The molecule has 4 nitrogen and oxygen atoms in total. The molecule has 0 spiro atoms. The fourth-order valence-electron chi connectivity index (χ4n) is 0.792. The summed E-state index contributed by atoms with van der Waals surface area (Å²) in [4.78, 5) is 18.2. The topological polar surface area (TPSA) is 67.8 Å². The van der Waals surface area contributed by atoms with Crippen molar-refractivity contribution < 1.29 is 4.79 Å². The van der Waals surface area contributed by atoms with E-state index >= 15 is 0 Å². The predicted octanol–water partition coefficient (Wildman–Crippen LogP) is -0.152. The van der Waals surface area contributed by atoms with Crippen molar-refractivity contribution in [2.45, 2.75) is 6.42 Å². The van der Waals surface area contributed by atoms with E-state index in [4.69, 9.17) is 5.73 Å². The number of aliphatic imine (C=N–C) groups is 2. The molecule has 60 valence electrons. The monoisotopic (exact) mass is 171 g/mol. The summed E-state index contributed by atoms with van der Waals surface area (Å²) in [6.45, 7) is 0. The van der Waals surface area contributed by atoms with Crippen LogP contribution in [0.1, 0.15) is 6.42 Å². The van der Waals surface area contributed by atoms with Gasteiger partial charge < -0.3 is 5.73 Å². The summed E-state index contributed by atoms with van der Waals surface area (Å²) in [7, 11) is 0. The summed E-state index contributed by atoms with van der Waals surface area (Å²) >= 11 is 4.00. The lowest BCUT2D eigenvalue weighted by molar-refractivity contribution is -0.119. The Labute approximate surface area is 70.0 Å². The van der Waals surface area contributed by atoms with Gasteiger partial charge in [-0.25, -0.2) is 4.99 Å². The van der Waals surface area contributed by atoms with Crippen LogP contribution in [-0.4, -0.2) is 23.8 Å². The maximum Gasteiger partial charge on any atom is 0.257 e. The second-order valence-electron chi connectivity index (χ2n) is 2.21. The van der Waals surface area contributed by atoms with Gasteiger partial charge in [-0.1, -0.05) is 0 Å². The van der Waals surface area contributed by atoms with Crippen molar-refractivity contribution in [3.05, 3.63) is 0 Å². The molecule has 0 aromatic rings. The zero-order valence-electron chi connectivity index (χ0n) is 5.90. The van der Waals surface area contributed by atoms with Gasteiger partial charge in [0.1, 0.15) is 0 Å². The van der Waals surface area contributed by atoms with Crippen LogP contribution < -0.4 is 5.73 Å². The van der Waals surface area contributed by atoms with E-state index in [1.54, 1.807) is 0 Å². The second kappa shape index (κ2) is 3.52. The maximum absolute atomic E-state index is 11.0. The number of nitrogens with zero attached hydrogens (tertiary/aromatic N) is 2. The van der Waals surface area contributed by atoms with Crippen LogP contribution in [0, 0.1) is 5.92 Å². The van der Waals surface area contributed by atoms with E-state index in [0.717, 1.165) is 0 Å². The lowest BCUT2D eigenvalue weighted by Crippen LogP contribution is -2.24. The molecule has 1 amide bonds. The van der Waals surface area contributed by atoms with Crippen LogP contribution in [0.2, 0.25) is 0 Å². The van der Waals surface area contributed by atoms with E-state index in [-0.39, 0.29) is 17.8 Å². The minimum absolute atomic E-state index is 0.0467. The first-order valence-corrected chi connectivity index (χ1v) is 3.90. The molecule has 0 fully saturated rings. The van der Waals surface area contributed by atoms with Crippen molar-refractivity contribution in [1.29, 1.82) is 0 Å². The van der Waals surface area contributed by atoms with Crippen LogP contribution in [0.5, 0.6) is 0 Å². The molecular weight excluding hydrogens is 162 g/mol. The molecule has 1 atom stereocenters. The molecule has 1 rings (SSSR count). The number of rotatable bonds is 2. The summed E-state index contributed by atoms with van der Waals surface area (Å²) in [5.74, 6) is 0.259. The molecule has 5 heteroatoms. The number of carbonyl (C=O) groups excluding carboxylic acids is 1. The van der Waals surface area contributed by atoms with Crippen LogP contribution in [0.3, 0.4) is 0 Å². The molecule has 0 saturated carbocycles. The molecule has 2 N–H and O–H groups in total. The number of amides is 1. The third-order valence-electron chi connectivity index (χ3n) is 1.37. The Kier molecular flexibility index (Phi) is 2.64. The highest BCUT2D eigenvalue weighted by Crippen LogP contribution is 2.07. The number of nitrogens with two attached hydrogens (primary N) is 1. The molecule has 0 radical (unpaired) electrons. The number of guanidine groups is 1. The SMILES string of the molecule is NC1=NC(=O)C(CCS)C=N1. The minimum Gasteiger partial charge on any atom is -0.368 e. The van der Waals surface area contributed by atoms with Gasteiger partial charge in [-0.3, -0.25) is 4.79 Å². The standard InChI is InChI=1S/C6H9N3OS/c7-6-8-3-4(1-2-11)5(10)9-6/h3-4,11H,1-2H2,(H2,7,9,10). The van der Waals surface area contributed by atoms with Crippen molar-refractivity contribution in [3.63, 3.8) is 0 Å². The van der Waals surface area contributed by atoms with E-state index in [9.17, 15) is 4.79 Å². The van der Waals surface area contributed by atoms with Crippen LogP contribution in [-0.2, 0) is 4.79 Å². The molecule has 0 aromatic heterocycles. The summed E-state index contributed by atoms with van der Waals surface area (Å²) in [6.07, 6.45) is 2.20. The van der Waals surface area contributed by atoms with Gasteiger partial charge in [0.25, 0.3) is 5.91 Å². The molecule has 1 aliphatic rings. The highest BCUT2D eigenvalue weighted by molar-refractivity contribution is 7.80. The lowest BCUT2D eigenvalue weighted by Gasteiger charge is -2.08. The van der Waals surface area contributed by atoms with Crippen molar-refractivity contribution >= 4 is 30.7 Å². The summed E-state index contributed by atoms with van der Waals surface area (Å²) in [6, 6.07) is 0. The molecule has 0 bridgehead atoms. The molecule has 1 heterocycles. The normalized spacial score (nSPS) is 23.5. The van der Waals surface area contributed by atoms with Crippen molar-refractivity contribution in [2.24, 2.45) is 21.6 Å². The van der Waals surface area contributed by atoms with E-state index in [1.807, 2.05) is 0 Å². The molecule has 0 aliphatic carbocycles. The van der Waals surface area contributed by atoms with Crippen LogP contribution in [0.4, 0.5) is 0 Å². The van der Waals surface area contributed by atoms with Gasteiger partial charge in [0, 0.05) is 6.21 Å². The smallest absolute Gasteiger partial charge is 0.257 e. The van der Waals surface area contributed by atoms with E-state index < -0.39 is 0 Å². The Morgan fingerprint density at radius 1 is 1.73 bits per heavy atom. The van der Waals surface area contributed by atoms with Gasteiger partial charge >= 0.3 is 0 Å². The Hall–Kier alpha value is -0.840. The summed E-state index contributed by atoms with van der Waals surface area (Å²) < 4.78 is 0. The summed E-state index contributed by atoms with van der Waals surface area (Å²) in [5.41, 5.74) is 5.20. The minimum atomic E-state index is -0.222. The number of carbonyl (C=O) groups is 1. The zero-order valence-corrected chi connectivity index (χ0v) is 6.79. The zero-order chi connectivity index (χ0) is 8.27. The first-order valence-electron chi connectivity index (χ1n) is 3.27. The van der Waals surface area contributed by atoms with Gasteiger partial charge in [0.05, 0.1) is 5.92 Å². The number of hydrogen-bond acceptors (Lipinski definition) is 4. The average Bonchev–Trinajstić information content (AvgIpc) is 1.95. The fourth-order valence-corrected chi connectivity index (χ4v) is 1.07. The number of hydrogen-bond donors (Lipinski definition) is 2.